The molecular formula is C13H23BrO3. The van der Waals surface area contributed by atoms with Gasteiger partial charge in [0.15, 0.2) is 6.79 Å². The zero-order valence-corrected chi connectivity index (χ0v) is 12.0. The number of halogens is 1. The van der Waals surface area contributed by atoms with Gasteiger partial charge in [-0.3, -0.25) is 4.79 Å². The Morgan fingerprint density at radius 1 is 1.00 bits per heavy atom. The molecule has 0 spiro atoms. The Labute approximate surface area is 112 Å². The average Bonchev–Trinajstić information content (AvgIpc) is 2.36. The molecule has 1 aliphatic rings. The summed E-state index contributed by atoms with van der Waals surface area (Å²) < 4.78 is 10.5. The van der Waals surface area contributed by atoms with E-state index in [9.17, 15) is 4.79 Å². The van der Waals surface area contributed by atoms with Crippen LogP contribution < -0.4 is 0 Å². The van der Waals surface area contributed by atoms with Crippen molar-refractivity contribution >= 4 is 21.9 Å². The predicted molar refractivity (Wildman–Crippen MR) is 71.2 cm³/mol. The van der Waals surface area contributed by atoms with Gasteiger partial charge in [-0.15, -0.1) is 0 Å². The van der Waals surface area contributed by atoms with Crippen molar-refractivity contribution in [2.75, 3.05) is 12.1 Å². The van der Waals surface area contributed by atoms with Gasteiger partial charge in [0.2, 0.25) is 0 Å². The highest BCUT2D eigenvalue weighted by Gasteiger charge is 2.11. The van der Waals surface area contributed by atoms with Crippen LogP contribution in [0.15, 0.2) is 0 Å². The van der Waals surface area contributed by atoms with Crippen LogP contribution >= 0.6 is 15.9 Å². The van der Waals surface area contributed by atoms with E-state index in [0.29, 0.717) is 0 Å². The van der Waals surface area contributed by atoms with E-state index < -0.39 is 0 Å². The Hall–Kier alpha value is -0.0900. The normalized spacial score (nSPS) is 19.8. The Morgan fingerprint density at radius 2 is 1.53 bits per heavy atom. The van der Waals surface area contributed by atoms with Crippen LogP contribution in [-0.2, 0) is 14.3 Å². The minimum absolute atomic E-state index is 0.106. The topological polar surface area (TPSA) is 35.5 Å². The highest BCUT2D eigenvalue weighted by atomic mass is 79.9. The lowest BCUT2D eigenvalue weighted by Gasteiger charge is -2.18. The van der Waals surface area contributed by atoms with Crippen LogP contribution in [0.1, 0.15) is 57.8 Å². The first-order chi connectivity index (χ1) is 8.33. The molecule has 0 aliphatic heterocycles. The van der Waals surface area contributed by atoms with Gasteiger partial charge in [-0.2, -0.15) is 0 Å². The fraction of sp³-hybridized carbons (Fsp3) is 0.923. The van der Waals surface area contributed by atoms with E-state index in [1.165, 1.54) is 44.9 Å². The number of alkyl halides is 1. The first-order valence-electron chi connectivity index (χ1n) is 6.66. The molecule has 0 saturated heterocycles. The van der Waals surface area contributed by atoms with E-state index in [-0.39, 0.29) is 24.2 Å². The quantitative estimate of drug-likeness (QED) is 0.450. The number of ether oxygens (including phenoxy) is 2. The summed E-state index contributed by atoms with van der Waals surface area (Å²) in [5.41, 5.74) is 0. The van der Waals surface area contributed by atoms with Crippen molar-refractivity contribution in [3.8, 4) is 0 Å². The lowest BCUT2D eigenvalue weighted by molar-refractivity contribution is -0.158. The van der Waals surface area contributed by atoms with Crippen LogP contribution in [0, 0.1) is 0 Å². The number of carbonyl (C=O) groups excluding carboxylic acids is 1. The second-order valence-corrected chi connectivity index (χ2v) is 5.17. The fourth-order valence-corrected chi connectivity index (χ4v) is 2.34. The van der Waals surface area contributed by atoms with Gasteiger partial charge in [0.05, 0.1) is 6.10 Å². The highest BCUT2D eigenvalue weighted by Crippen LogP contribution is 2.18. The van der Waals surface area contributed by atoms with E-state index in [1.54, 1.807) is 0 Å². The lowest BCUT2D eigenvalue weighted by Crippen LogP contribution is -2.18. The highest BCUT2D eigenvalue weighted by molar-refractivity contribution is 9.09. The number of hydrogen-bond donors (Lipinski definition) is 0. The Kier molecular flexibility index (Phi) is 8.71. The molecule has 0 bridgehead atoms. The van der Waals surface area contributed by atoms with Crippen molar-refractivity contribution in [3.05, 3.63) is 0 Å². The molecule has 1 aliphatic carbocycles. The summed E-state index contributed by atoms with van der Waals surface area (Å²) in [5.74, 6) is -0.259. The molecule has 0 N–H and O–H groups in total. The second-order valence-electron chi connectivity index (χ2n) is 4.61. The molecule has 100 valence electrons. The monoisotopic (exact) mass is 306 g/mol. The van der Waals surface area contributed by atoms with Gasteiger partial charge in [-0.05, 0) is 12.8 Å². The van der Waals surface area contributed by atoms with Crippen molar-refractivity contribution in [1.29, 1.82) is 0 Å². The van der Waals surface area contributed by atoms with Crippen LogP contribution in [-0.4, -0.2) is 24.2 Å². The van der Waals surface area contributed by atoms with Crippen LogP contribution in [0.25, 0.3) is 0 Å². The maximum absolute atomic E-state index is 10.9. The number of hydrogen-bond acceptors (Lipinski definition) is 3. The molecule has 0 heterocycles. The maximum Gasteiger partial charge on any atom is 0.318 e. The fourth-order valence-electron chi connectivity index (χ4n) is 2.17. The van der Waals surface area contributed by atoms with Gasteiger partial charge in [-0.25, -0.2) is 0 Å². The number of carbonyl (C=O) groups is 1. The van der Waals surface area contributed by atoms with Crippen molar-refractivity contribution in [2.45, 2.75) is 63.9 Å². The summed E-state index contributed by atoms with van der Waals surface area (Å²) in [5, 5.41) is 0.237. The summed E-state index contributed by atoms with van der Waals surface area (Å²) in [6.45, 7) is 0.106. The first-order valence-corrected chi connectivity index (χ1v) is 7.78. The second kappa shape index (κ2) is 9.89. The molecule has 1 fully saturated rings. The Balaban J connectivity index is 2.16. The van der Waals surface area contributed by atoms with Crippen LogP contribution in [0.4, 0.5) is 0 Å². The van der Waals surface area contributed by atoms with Crippen LogP contribution in [0.3, 0.4) is 0 Å². The maximum atomic E-state index is 10.9. The molecule has 0 amide bonds. The third kappa shape index (κ3) is 7.77. The van der Waals surface area contributed by atoms with E-state index in [2.05, 4.69) is 15.9 Å². The largest absolute Gasteiger partial charge is 0.438 e. The van der Waals surface area contributed by atoms with Gasteiger partial charge in [0.1, 0.15) is 5.33 Å². The van der Waals surface area contributed by atoms with Crippen molar-refractivity contribution in [2.24, 2.45) is 0 Å². The Bertz CT molecular complexity index is 199. The molecule has 4 heteroatoms. The van der Waals surface area contributed by atoms with Crippen molar-refractivity contribution in [3.63, 3.8) is 0 Å². The summed E-state index contributed by atoms with van der Waals surface area (Å²) >= 11 is 3.05. The number of esters is 1. The van der Waals surface area contributed by atoms with Crippen LogP contribution in [0.5, 0.6) is 0 Å². The van der Waals surface area contributed by atoms with Gasteiger partial charge in [0, 0.05) is 0 Å². The molecule has 0 radical (unpaired) electrons. The zero-order chi connectivity index (χ0) is 12.3. The summed E-state index contributed by atoms with van der Waals surface area (Å²) in [6, 6.07) is 0. The molecule has 17 heavy (non-hydrogen) atoms. The first kappa shape index (κ1) is 15.0. The smallest absolute Gasteiger partial charge is 0.318 e. The standard InChI is InChI=1S/C13H23BrO3/c14-10-13(15)17-11-16-12-8-6-4-2-1-3-5-7-9-12/h12H,1-11H2. The molecule has 0 aromatic carbocycles. The van der Waals surface area contributed by atoms with Gasteiger partial charge < -0.3 is 9.47 Å². The molecule has 1 saturated carbocycles. The zero-order valence-electron chi connectivity index (χ0n) is 10.5. The molecule has 0 unspecified atom stereocenters. The Morgan fingerprint density at radius 3 is 2.06 bits per heavy atom. The summed E-state index contributed by atoms with van der Waals surface area (Å²) in [6.07, 6.45) is 11.6. The molecule has 1 rings (SSSR count). The van der Waals surface area contributed by atoms with E-state index in [1.807, 2.05) is 0 Å². The van der Waals surface area contributed by atoms with E-state index in [4.69, 9.17) is 9.47 Å². The van der Waals surface area contributed by atoms with Gasteiger partial charge >= 0.3 is 5.97 Å². The molecular weight excluding hydrogens is 284 g/mol. The third-order valence-electron chi connectivity index (χ3n) is 3.18. The summed E-state index contributed by atoms with van der Waals surface area (Å²) in [4.78, 5) is 10.9. The van der Waals surface area contributed by atoms with Crippen molar-refractivity contribution < 1.29 is 14.3 Å². The van der Waals surface area contributed by atoms with Crippen molar-refractivity contribution in [1.82, 2.24) is 0 Å². The average molecular weight is 307 g/mol. The third-order valence-corrected chi connectivity index (χ3v) is 3.64. The predicted octanol–water partition coefficient (Wildman–Crippen LogP) is 3.79. The van der Waals surface area contributed by atoms with Gasteiger partial charge in [0.25, 0.3) is 0 Å². The number of rotatable bonds is 4. The van der Waals surface area contributed by atoms with Crippen LogP contribution in [0.2, 0.25) is 0 Å². The minimum atomic E-state index is -0.259. The molecule has 0 atom stereocenters. The van der Waals surface area contributed by atoms with E-state index in [0.717, 1.165) is 12.8 Å². The molecule has 0 aromatic heterocycles. The van der Waals surface area contributed by atoms with E-state index >= 15 is 0 Å². The lowest BCUT2D eigenvalue weighted by atomic mass is 9.99. The minimum Gasteiger partial charge on any atom is -0.438 e. The molecule has 3 nitrogen and oxygen atoms in total. The SMILES string of the molecule is O=C(CBr)OCOC1CCCCCCCCC1. The molecule has 0 aromatic rings. The van der Waals surface area contributed by atoms with Gasteiger partial charge in [-0.1, -0.05) is 60.9 Å². The summed E-state index contributed by atoms with van der Waals surface area (Å²) in [7, 11) is 0.